The van der Waals surface area contributed by atoms with Crippen LogP contribution in [0.1, 0.15) is 63.5 Å². The fourth-order valence-electron chi connectivity index (χ4n) is 2.94. The van der Waals surface area contributed by atoms with Crippen molar-refractivity contribution in [2.75, 3.05) is 26.3 Å². The molecular weight excluding hydrogens is 274 g/mol. The van der Waals surface area contributed by atoms with Crippen LogP contribution in [0, 0.1) is 0 Å². The van der Waals surface area contributed by atoms with Gasteiger partial charge in [0.1, 0.15) is 12.4 Å². The number of hydrogen-bond donors (Lipinski definition) is 1. The minimum atomic E-state index is 0.397. The molecule has 1 aromatic rings. The van der Waals surface area contributed by atoms with E-state index in [1.807, 2.05) is 0 Å². The molecule has 0 radical (unpaired) electrons. The maximum absolute atomic E-state index is 6.15. The molecule has 22 heavy (non-hydrogen) atoms. The van der Waals surface area contributed by atoms with Crippen molar-refractivity contribution < 1.29 is 9.47 Å². The Bertz CT molecular complexity index is 424. The molecule has 2 rings (SSSR count). The van der Waals surface area contributed by atoms with Gasteiger partial charge in [0, 0.05) is 19.7 Å². The summed E-state index contributed by atoms with van der Waals surface area (Å²) in [6, 6.07) is 6.52. The largest absolute Gasteiger partial charge is 0.492 e. The minimum absolute atomic E-state index is 0.397. The molecule has 1 atom stereocenters. The van der Waals surface area contributed by atoms with Gasteiger partial charge in [-0.1, -0.05) is 45.9 Å². The molecule has 0 aromatic heterocycles. The van der Waals surface area contributed by atoms with Gasteiger partial charge < -0.3 is 14.8 Å². The summed E-state index contributed by atoms with van der Waals surface area (Å²) in [5, 5.41) is 3.44. The Kier molecular flexibility index (Phi) is 6.71. The van der Waals surface area contributed by atoms with Crippen LogP contribution in [0.2, 0.25) is 0 Å². The number of rotatable bonds is 8. The Morgan fingerprint density at radius 2 is 1.86 bits per heavy atom. The van der Waals surface area contributed by atoms with Crippen LogP contribution in [0.5, 0.6) is 5.75 Å². The van der Waals surface area contributed by atoms with Crippen LogP contribution in [0.25, 0.3) is 0 Å². The fourth-order valence-corrected chi connectivity index (χ4v) is 2.94. The highest BCUT2D eigenvalue weighted by atomic mass is 16.5. The highest BCUT2D eigenvalue weighted by molar-refractivity contribution is 5.44. The van der Waals surface area contributed by atoms with E-state index >= 15 is 0 Å². The zero-order valence-corrected chi connectivity index (χ0v) is 14.5. The van der Waals surface area contributed by atoms with E-state index < -0.39 is 0 Å². The average Bonchev–Trinajstić information content (AvgIpc) is 2.99. The van der Waals surface area contributed by atoms with Gasteiger partial charge >= 0.3 is 0 Å². The van der Waals surface area contributed by atoms with Gasteiger partial charge in [-0.25, -0.2) is 0 Å². The normalized spacial score (nSPS) is 18.4. The van der Waals surface area contributed by atoms with E-state index in [1.165, 1.54) is 24.0 Å². The summed E-state index contributed by atoms with van der Waals surface area (Å²) in [6.45, 7) is 12.3. The Hall–Kier alpha value is -1.06. The second kappa shape index (κ2) is 8.54. The molecule has 1 fully saturated rings. The first kappa shape index (κ1) is 17.3. The van der Waals surface area contributed by atoms with Crippen molar-refractivity contribution in [3.8, 4) is 5.75 Å². The topological polar surface area (TPSA) is 30.5 Å². The molecule has 1 aromatic carbocycles. The third-order valence-corrected chi connectivity index (χ3v) is 4.24. The van der Waals surface area contributed by atoms with E-state index in [1.54, 1.807) is 0 Å². The van der Waals surface area contributed by atoms with Crippen LogP contribution in [0.15, 0.2) is 18.2 Å². The number of ether oxygens (including phenoxy) is 2. The summed E-state index contributed by atoms with van der Waals surface area (Å²) < 4.78 is 11.8. The maximum Gasteiger partial charge on any atom is 0.126 e. The summed E-state index contributed by atoms with van der Waals surface area (Å²) >= 11 is 0. The zero-order valence-electron chi connectivity index (χ0n) is 14.5. The molecule has 0 aliphatic carbocycles. The lowest BCUT2D eigenvalue weighted by Crippen LogP contribution is -2.29. The first-order chi connectivity index (χ1) is 10.6. The van der Waals surface area contributed by atoms with Crippen LogP contribution in [0.4, 0.5) is 0 Å². The monoisotopic (exact) mass is 305 g/mol. The molecule has 0 amide bonds. The average molecular weight is 305 g/mol. The number of para-hydroxylation sites is 1. The van der Waals surface area contributed by atoms with E-state index in [0.29, 0.717) is 24.5 Å². The smallest absolute Gasteiger partial charge is 0.126 e. The highest BCUT2D eigenvalue weighted by Gasteiger charge is 2.16. The summed E-state index contributed by atoms with van der Waals surface area (Å²) in [7, 11) is 0. The fraction of sp³-hybridized carbons (Fsp3) is 0.684. The molecule has 1 saturated heterocycles. The predicted molar refractivity (Wildman–Crippen MR) is 92.0 cm³/mol. The quantitative estimate of drug-likeness (QED) is 0.734. The van der Waals surface area contributed by atoms with Crippen LogP contribution in [-0.4, -0.2) is 32.4 Å². The van der Waals surface area contributed by atoms with Crippen LogP contribution in [0.3, 0.4) is 0 Å². The third-order valence-electron chi connectivity index (χ3n) is 4.24. The number of benzene rings is 1. The number of nitrogens with one attached hydrogen (secondary N) is 1. The predicted octanol–water partition coefficient (Wildman–Crippen LogP) is 4.08. The van der Waals surface area contributed by atoms with E-state index in [0.717, 1.165) is 25.4 Å². The van der Waals surface area contributed by atoms with Crippen molar-refractivity contribution in [1.29, 1.82) is 0 Å². The van der Waals surface area contributed by atoms with Crippen molar-refractivity contribution in [3.63, 3.8) is 0 Å². The second-order valence-electron chi connectivity index (χ2n) is 6.76. The standard InChI is InChI=1S/C19H31NO2/c1-14(2)17-8-5-9-18(15(3)4)19(17)22-12-10-20-13-16-7-6-11-21-16/h5,8-9,14-16,20H,6-7,10-13H2,1-4H3. The lowest BCUT2D eigenvalue weighted by atomic mass is 9.94. The van der Waals surface area contributed by atoms with Crippen LogP contribution >= 0.6 is 0 Å². The van der Waals surface area contributed by atoms with Gasteiger partial charge in [-0.15, -0.1) is 0 Å². The van der Waals surface area contributed by atoms with Gasteiger partial charge in [0.05, 0.1) is 6.10 Å². The Balaban J connectivity index is 1.87. The minimum Gasteiger partial charge on any atom is -0.492 e. The molecular formula is C19H31NO2. The molecule has 1 heterocycles. The molecule has 3 nitrogen and oxygen atoms in total. The molecule has 3 heteroatoms. The van der Waals surface area contributed by atoms with Gasteiger partial charge in [0.15, 0.2) is 0 Å². The van der Waals surface area contributed by atoms with E-state index in [2.05, 4.69) is 51.2 Å². The van der Waals surface area contributed by atoms with Crippen LogP contribution in [-0.2, 0) is 4.74 Å². The SMILES string of the molecule is CC(C)c1cccc(C(C)C)c1OCCNCC1CCCO1. The summed E-state index contributed by atoms with van der Waals surface area (Å²) in [4.78, 5) is 0. The zero-order chi connectivity index (χ0) is 15.9. The van der Waals surface area contributed by atoms with Gasteiger partial charge in [-0.3, -0.25) is 0 Å². The van der Waals surface area contributed by atoms with Gasteiger partial charge in [-0.2, -0.15) is 0 Å². The lowest BCUT2D eigenvalue weighted by molar-refractivity contribution is 0.109. The molecule has 0 spiro atoms. The Labute approximate surface area is 135 Å². The Morgan fingerprint density at radius 1 is 1.18 bits per heavy atom. The van der Waals surface area contributed by atoms with Crippen molar-refractivity contribution in [2.24, 2.45) is 0 Å². The summed E-state index contributed by atoms with van der Waals surface area (Å²) in [6.07, 6.45) is 2.78. The third kappa shape index (κ3) is 4.72. The van der Waals surface area contributed by atoms with Crippen LogP contribution < -0.4 is 10.1 Å². The molecule has 1 aliphatic heterocycles. The highest BCUT2D eigenvalue weighted by Crippen LogP contribution is 2.34. The number of hydrogen-bond acceptors (Lipinski definition) is 3. The summed E-state index contributed by atoms with van der Waals surface area (Å²) in [5.41, 5.74) is 2.62. The van der Waals surface area contributed by atoms with E-state index in [9.17, 15) is 0 Å². The van der Waals surface area contributed by atoms with Gasteiger partial charge in [0.25, 0.3) is 0 Å². The van der Waals surface area contributed by atoms with Crippen molar-refractivity contribution in [1.82, 2.24) is 5.32 Å². The molecule has 1 unspecified atom stereocenters. The van der Waals surface area contributed by atoms with Gasteiger partial charge in [-0.05, 0) is 35.8 Å². The van der Waals surface area contributed by atoms with Gasteiger partial charge in [0.2, 0.25) is 0 Å². The van der Waals surface area contributed by atoms with E-state index in [4.69, 9.17) is 9.47 Å². The van der Waals surface area contributed by atoms with Crippen molar-refractivity contribution >= 4 is 0 Å². The lowest BCUT2D eigenvalue weighted by Gasteiger charge is -2.20. The second-order valence-corrected chi connectivity index (χ2v) is 6.76. The molecule has 0 bridgehead atoms. The molecule has 124 valence electrons. The van der Waals surface area contributed by atoms with E-state index in [-0.39, 0.29) is 0 Å². The van der Waals surface area contributed by atoms with Crippen molar-refractivity contribution in [3.05, 3.63) is 29.3 Å². The molecule has 1 aliphatic rings. The first-order valence-corrected chi connectivity index (χ1v) is 8.67. The Morgan fingerprint density at radius 3 is 2.41 bits per heavy atom. The summed E-state index contributed by atoms with van der Waals surface area (Å²) in [5.74, 6) is 2.05. The maximum atomic E-state index is 6.15. The molecule has 1 N–H and O–H groups in total. The van der Waals surface area contributed by atoms with Crippen molar-refractivity contribution in [2.45, 2.75) is 58.5 Å². The molecule has 0 saturated carbocycles. The first-order valence-electron chi connectivity index (χ1n) is 8.67.